The van der Waals surface area contributed by atoms with Crippen molar-refractivity contribution in [3.8, 4) is 6.07 Å². The van der Waals surface area contributed by atoms with E-state index >= 15 is 0 Å². The molecule has 0 saturated carbocycles. The van der Waals surface area contributed by atoms with Crippen LogP contribution in [0.15, 0.2) is 0 Å². The lowest BCUT2D eigenvalue weighted by Gasteiger charge is -2.23. The largest absolute Gasteiger partial charge is 0.309 e. The Bertz CT molecular complexity index is 146. The molecule has 1 atom stereocenters. The van der Waals surface area contributed by atoms with Crippen LogP contribution in [-0.2, 0) is 0 Å². The zero-order valence-corrected chi connectivity index (χ0v) is 8.54. The first-order chi connectivity index (χ1) is 5.57. The minimum absolute atomic E-state index is 0.400. The summed E-state index contributed by atoms with van der Waals surface area (Å²) in [7, 11) is 8.16. The Morgan fingerprint density at radius 1 is 1.25 bits per heavy atom. The van der Waals surface area contributed by atoms with E-state index in [4.69, 9.17) is 5.26 Å². The maximum Gasteiger partial charge on any atom is 0.0638 e. The number of nitrogens with zero attached hydrogens (tertiary/aromatic N) is 3. The molecule has 0 fully saturated rings. The zero-order chi connectivity index (χ0) is 9.56. The van der Waals surface area contributed by atoms with Gasteiger partial charge in [-0.3, -0.25) is 0 Å². The van der Waals surface area contributed by atoms with Crippen LogP contribution in [0.3, 0.4) is 0 Å². The highest BCUT2D eigenvalue weighted by molar-refractivity contribution is 4.80. The molecule has 0 radical (unpaired) electrons. The molecule has 12 heavy (non-hydrogen) atoms. The second-order valence-electron chi connectivity index (χ2n) is 3.57. The summed E-state index contributed by atoms with van der Waals surface area (Å²) in [4.78, 5) is 4.26. The first kappa shape index (κ1) is 11.4. The molecule has 0 bridgehead atoms. The average Bonchev–Trinajstić information content (AvgIpc) is 1.96. The van der Waals surface area contributed by atoms with Crippen molar-refractivity contribution in [3.05, 3.63) is 0 Å². The van der Waals surface area contributed by atoms with Crippen molar-refractivity contribution < 1.29 is 0 Å². The van der Waals surface area contributed by atoms with Crippen LogP contribution in [0.25, 0.3) is 0 Å². The molecule has 3 heteroatoms. The van der Waals surface area contributed by atoms with E-state index in [2.05, 4.69) is 30.0 Å². The molecule has 0 aliphatic rings. The predicted molar refractivity (Wildman–Crippen MR) is 50.9 cm³/mol. The van der Waals surface area contributed by atoms with Gasteiger partial charge in [-0.1, -0.05) is 0 Å². The van der Waals surface area contributed by atoms with Crippen molar-refractivity contribution in [3.63, 3.8) is 0 Å². The molecule has 0 saturated heterocycles. The molecule has 3 nitrogen and oxygen atoms in total. The van der Waals surface area contributed by atoms with E-state index in [0.29, 0.717) is 12.5 Å². The molecule has 0 N–H and O–H groups in total. The van der Waals surface area contributed by atoms with Crippen molar-refractivity contribution in [1.29, 1.82) is 5.26 Å². The van der Waals surface area contributed by atoms with Gasteiger partial charge < -0.3 is 9.80 Å². The summed E-state index contributed by atoms with van der Waals surface area (Å²) in [5, 5.41) is 8.56. The summed E-state index contributed by atoms with van der Waals surface area (Å²) < 4.78 is 0. The molecular formula is C9H19N3. The quantitative estimate of drug-likeness (QED) is 0.609. The molecule has 0 aromatic heterocycles. The molecular weight excluding hydrogens is 150 g/mol. The minimum atomic E-state index is 0.400. The van der Waals surface area contributed by atoms with Gasteiger partial charge in [-0.05, 0) is 41.2 Å². The van der Waals surface area contributed by atoms with Gasteiger partial charge in [0, 0.05) is 6.04 Å². The standard InChI is InChI=1S/C9H19N3/c1-11(2)8-6-9(5-7-10)12(3)4/h9H,5-6,8H2,1-4H3. The second-order valence-corrected chi connectivity index (χ2v) is 3.57. The Hall–Kier alpha value is -0.590. The van der Waals surface area contributed by atoms with Gasteiger partial charge in [0.05, 0.1) is 12.5 Å². The van der Waals surface area contributed by atoms with Gasteiger partial charge in [0.2, 0.25) is 0 Å². The van der Waals surface area contributed by atoms with Crippen LogP contribution >= 0.6 is 0 Å². The lowest BCUT2D eigenvalue weighted by Crippen LogP contribution is -2.31. The number of hydrogen-bond donors (Lipinski definition) is 0. The fourth-order valence-corrected chi connectivity index (χ4v) is 1.06. The maximum atomic E-state index is 8.56. The van der Waals surface area contributed by atoms with Gasteiger partial charge in [0.25, 0.3) is 0 Å². The average molecular weight is 169 g/mol. The van der Waals surface area contributed by atoms with E-state index < -0.39 is 0 Å². The summed E-state index contributed by atoms with van der Waals surface area (Å²) >= 11 is 0. The summed E-state index contributed by atoms with van der Waals surface area (Å²) in [6, 6.07) is 2.61. The fraction of sp³-hybridized carbons (Fsp3) is 0.889. The lowest BCUT2D eigenvalue weighted by atomic mass is 10.1. The molecule has 0 aromatic rings. The molecule has 1 unspecified atom stereocenters. The third kappa shape index (κ3) is 5.11. The van der Waals surface area contributed by atoms with Crippen LogP contribution in [0, 0.1) is 11.3 Å². The summed E-state index contributed by atoms with van der Waals surface area (Å²) in [6.45, 7) is 1.05. The number of nitriles is 1. The first-order valence-electron chi connectivity index (χ1n) is 4.26. The molecule has 0 spiro atoms. The minimum Gasteiger partial charge on any atom is -0.309 e. The van der Waals surface area contributed by atoms with Gasteiger partial charge in [-0.15, -0.1) is 0 Å². The van der Waals surface area contributed by atoms with Gasteiger partial charge in [0.1, 0.15) is 0 Å². The molecule has 0 aromatic carbocycles. The van der Waals surface area contributed by atoms with Crippen molar-refractivity contribution in [2.45, 2.75) is 18.9 Å². The van der Waals surface area contributed by atoms with Crippen LogP contribution in [-0.4, -0.2) is 50.6 Å². The number of rotatable bonds is 5. The van der Waals surface area contributed by atoms with Crippen LogP contribution in [0.2, 0.25) is 0 Å². The van der Waals surface area contributed by atoms with Gasteiger partial charge in [-0.25, -0.2) is 0 Å². The Labute approximate surface area is 75.6 Å². The summed E-state index contributed by atoms with van der Waals surface area (Å²) in [6.07, 6.45) is 1.69. The van der Waals surface area contributed by atoms with Gasteiger partial charge in [0.15, 0.2) is 0 Å². The van der Waals surface area contributed by atoms with Gasteiger partial charge in [-0.2, -0.15) is 5.26 Å². The van der Waals surface area contributed by atoms with E-state index in [1.165, 1.54) is 0 Å². The topological polar surface area (TPSA) is 30.3 Å². The van der Waals surface area contributed by atoms with Crippen molar-refractivity contribution in [2.75, 3.05) is 34.7 Å². The monoisotopic (exact) mass is 169 g/mol. The third-order valence-corrected chi connectivity index (χ3v) is 1.97. The Balaban J connectivity index is 3.73. The lowest BCUT2D eigenvalue weighted by molar-refractivity contribution is 0.254. The van der Waals surface area contributed by atoms with Crippen molar-refractivity contribution >= 4 is 0 Å². The summed E-state index contributed by atoms with van der Waals surface area (Å²) in [5.74, 6) is 0. The molecule has 0 aliphatic heterocycles. The molecule has 0 aliphatic carbocycles. The van der Waals surface area contributed by atoms with Crippen LogP contribution < -0.4 is 0 Å². The van der Waals surface area contributed by atoms with Crippen LogP contribution in [0.5, 0.6) is 0 Å². The smallest absolute Gasteiger partial charge is 0.0638 e. The SMILES string of the molecule is CN(C)CCC(CC#N)N(C)C. The maximum absolute atomic E-state index is 8.56. The van der Waals surface area contributed by atoms with Crippen LogP contribution in [0.1, 0.15) is 12.8 Å². The molecule has 0 amide bonds. The highest BCUT2D eigenvalue weighted by Gasteiger charge is 2.10. The molecule has 0 heterocycles. The molecule has 70 valence electrons. The molecule has 0 rings (SSSR count). The second kappa shape index (κ2) is 5.99. The van der Waals surface area contributed by atoms with Crippen LogP contribution in [0.4, 0.5) is 0 Å². The van der Waals surface area contributed by atoms with Gasteiger partial charge >= 0.3 is 0 Å². The highest BCUT2D eigenvalue weighted by Crippen LogP contribution is 2.04. The van der Waals surface area contributed by atoms with E-state index in [1.54, 1.807) is 0 Å². The van der Waals surface area contributed by atoms with E-state index in [9.17, 15) is 0 Å². The van der Waals surface area contributed by atoms with Crippen molar-refractivity contribution in [1.82, 2.24) is 9.80 Å². The van der Waals surface area contributed by atoms with E-state index in [-0.39, 0.29) is 0 Å². The number of hydrogen-bond acceptors (Lipinski definition) is 3. The first-order valence-corrected chi connectivity index (χ1v) is 4.26. The summed E-state index contributed by atoms with van der Waals surface area (Å²) in [5.41, 5.74) is 0. The Kier molecular flexibility index (Phi) is 5.69. The van der Waals surface area contributed by atoms with Crippen molar-refractivity contribution in [2.24, 2.45) is 0 Å². The van der Waals surface area contributed by atoms with E-state index in [1.807, 2.05) is 14.1 Å². The third-order valence-electron chi connectivity index (χ3n) is 1.97. The fourth-order valence-electron chi connectivity index (χ4n) is 1.06. The highest BCUT2D eigenvalue weighted by atomic mass is 15.1. The zero-order valence-electron chi connectivity index (χ0n) is 8.54. The Morgan fingerprint density at radius 3 is 2.17 bits per heavy atom. The predicted octanol–water partition coefficient (Wildman–Crippen LogP) is 0.782. The Morgan fingerprint density at radius 2 is 1.83 bits per heavy atom. The van der Waals surface area contributed by atoms with E-state index in [0.717, 1.165) is 13.0 Å². The normalized spacial score (nSPS) is 13.4.